The number of hydrogen-bond donors (Lipinski definition) is 2. The van der Waals surface area contributed by atoms with Crippen molar-refractivity contribution < 1.29 is 19.4 Å². The molecule has 5 nitrogen and oxygen atoms in total. The summed E-state index contributed by atoms with van der Waals surface area (Å²) in [6.07, 6.45) is -1.63. The maximum absolute atomic E-state index is 11.1. The minimum absolute atomic E-state index is 0.199. The summed E-state index contributed by atoms with van der Waals surface area (Å²) in [5, 5.41) is 11.4. The van der Waals surface area contributed by atoms with Crippen LogP contribution in [0.5, 0.6) is 0 Å². The number of aliphatic hydroxyl groups excluding tert-OH is 1. The third-order valence-corrected chi connectivity index (χ3v) is 1.60. The molecule has 0 aliphatic carbocycles. The van der Waals surface area contributed by atoms with E-state index in [2.05, 4.69) is 11.9 Å². The Morgan fingerprint density at radius 1 is 1.47 bits per heavy atom. The van der Waals surface area contributed by atoms with Crippen LogP contribution >= 0.6 is 0 Å². The molecule has 2 atom stereocenters. The molecular formula is C10H17NO4. The van der Waals surface area contributed by atoms with E-state index in [1.807, 2.05) is 0 Å². The van der Waals surface area contributed by atoms with Crippen molar-refractivity contribution in [3.05, 3.63) is 12.2 Å². The fourth-order valence-electron chi connectivity index (χ4n) is 0.726. The van der Waals surface area contributed by atoms with Gasteiger partial charge in [-0.1, -0.05) is 6.58 Å². The number of ether oxygens (including phenoxy) is 1. The number of esters is 1. The highest BCUT2D eigenvalue weighted by Gasteiger charge is 2.14. The molecule has 5 heteroatoms. The van der Waals surface area contributed by atoms with Gasteiger partial charge in [-0.25, -0.2) is 4.79 Å². The Morgan fingerprint density at radius 2 is 2.00 bits per heavy atom. The van der Waals surface area contributed by atoms with Crippen LogP contribution in [0.3, 0.4) is 0 Å². The van der Waals surface area contributed by atoms with Gasteiger partial charge in [-0.15, -0.1) is 0 Å². The molecule has 2 N–H and O–H groups in total. The Hall–Kier alpha value is -1.36. The van der Waals surface area contributed by atoms with E-state index >= 15 is 0 Å². The third kappa shape index (κ3) is 5.85. The number of hydrogen-bond acceptors (Lipinski definition) is 4. The smallest absolute Gasteiger partial charge is 0.334 e. The lowest BCUT2D eigenvalue weighted by Crippen LogP contribution is -2.35. The van der Waals surface area contributed by atoms with Crippen LogP contribution in [0.4, 0.5) is 0 Å². The van der Waals surface area contributed by atoms with E-state index in [0.29, 0.717) is 5.57 Å². The summed E-state index contributed by atoms with van der Waals surface area (Å²) in [5.41, 5.74) is 0.393. The molecule has 0 aromatic heterocycles. The van der Waals surface area contributed by atoms with Gasteiger partial charge in [0.2, 0.25) is 5.91 Å². The van der Waals surface area contributed by atoms with Crippen LogP contribution in [-0.2, 0) is 14.3 Å². The van der Waals surface area contributed by atoms with Gasteiger partial charge < -0.3 is 15.2 Å². The molecule has 0 aliphatic heterocycles. The molecule has 0 spiro atoms. The van der Waals surface area contributed by atoms with E-state index in [1.165, 1.54) is 6.92 Å². The van der Waals surface area contributed by atoms with Gasteiger partial charge in [0.25, 0.3) is 0 Å². The van der Waals surface area contributed by atoms with Crippen LogP contribution in [-0.4, -0.2) is 35.7 Å². The quantitative estimate of drug-likeness (QED) is 0.499. The molecule has 86 valence electrons. The first-order valence-electron chi connectivity index (χ1n) is 4.67. The van der Waals surface area contributed by atoms with Crippen molar-refractivity contribution in [3.63, 3.8) is 0 Å². The van der Waals surface area contributed by atoms with Gasteiger partial charge in [0.1, 0.15) is 12.2 Å². The van der Waals surface area contributed by atoms with Crippen LogP contribution in [0.15, 0.2) is 12.2 Å². The first-order valence-corrected chi connectivity index (χ1v) is 4.67. The van der Waals surface area contributed by atoms with Gasteiger partial charge >= 0.3 is 5.97 Å². The average Bonchev–Trinajstić information content (AvgIpc) is 2.13. The predicted molar refractivity (Wildman–Crippen MR) is 55.1 cm³/mol. The molecule has 0 aliphatic rings. The number of rotatable bonds is 5. The molecule has 0 bridgehead atoms. The second-order valence-electron chi connectivity index (χ2n) is 3.41. The molecule has 0 aromatic rings. The van der Waals surface area contributed by atoms with Crippen LogP contribution in [0.1, 0.15) is 20.8 Å². The summed E-state index contributed by atoms with van der Waals surface area (Å²) < 4.78 is 4.81. The Kier molecular flexibility index (Phi) is 5.62. The summed E-state index contributed by atoms with van der Waals surface area (Å²) in [6.45, 7) is 8.19. The van der Waals surface area contributed by atoms with Crippen molar-refractivity contribution >= 4 is 11.9 Å². The van der Waals surface area contributed by atoms with Gasteiger partial charge in [-0.2, -0.15) is 0 Å². The Bertz CT molecular complexity index is 260. The summed E-state index contributed by atoms with van der Waals surface area (Å²) >= 11 is 0. The molecule has 0 saturated heterocycles. The number of nitrogens with one attached hydrogen (secondary N) is 1. The maximum atomic E-state index is 11.1. The van der Waals surface area contributed by atoms with Gasteiger partial charge in [0, 0.05) is 5.57 Å². The van der Waals surface area contributed by atoms with Crippen molar-refractivity contribution in [2.24, 2.45) is 0 Å². The molecular weight excluding hydrogens is 198 g/mol. The SMILES string of the molecule is C=C(C)C(=O)NCC(C)OC(=O)[C@H](C)O. The second kappa shape index (κ2) is 6.19. The highest BCUT2D eigenvalue weighted by Crippen LogP contribution is 1.95. The van der Waals surface area contributed by atoms with Gasteiger partial charge in [0.05, 0.1) is 6.54 Å². The standard InChI is InChI=1S/C10H17NO4/c1-6(2)9(13)11-5-7(3)15-10(14)8(4)12/h7-8,12H,1,5H2,2-4H3,(H,11,13)/t7?,8-/m0/s1. The summed E-state index contributed by atoms with van der Waals surface area (Å²) in [6, 6.07) is 0. The van der Waals surface area contributed by atoms with Crippen LogP contribution < -0.4 is 5.32 Å². The van der Waals surface area contributed by atoms with Gasteiger partial charge in [-0.05, 0) is 20.8 Å². The van der Waals surface area contributed by atoms with Crippen LogP contribution in [0.2, 0.25) is 0 Å². The summed E-state index contributed by atoms with van der Waals surface area (Å²) in [5.74, 6) is -0.984. The van der Waals surface area contributed by atoms with Crippen LogP contribution in [0, 0.1) is 0 Å². The second-order valence-corrected chi connectivity index (χ2v) is 3.41. The minimum Gasteiger partial charge on any atom is -0.459 e. The molecule has 0 rings (SSSR count). The maximum Gasteiger partial charge on any atom is 0.334 e. The normalized spacial score (nSPS) is 13.9. The number of amides is 1. The molecule has 15 heavy (non-hydrogen) atoms. The molecule has 1 unspecified atom stereocenters. The lowest BCUT2D eigenvalue weighted by atomic mass is 10.3. The first-order chi connectivity index (χ1) is 6.84. The molecule has 0 radical (unpaired) electrons. The van der Waals surface area contributed by atoms with Crippen molar-refractivity contribution in [3.8, 4) is 0 Å². The molecule has 0 heterocycles. The predicted octanol–water partition coefficient (Wildman–Crippen LogP) is -0.00880. The highest BCUT2D eigenvalue weighted by atomic mass is 16.6. The first kappa shape index (κ1) is 13.6. The van der Waals surface area contributed by atoms with Gasteiger partial charge in [0.15, 0.2) is 0 Å². The topological polar surface area (TPSA) is 75.6 Å². The number of carbonyl (C=O) groups is 2. The fourth-order valence-corrected chi connectivity index (χ4v) is 0.726. The Morgan fingerprint density at radius 3 is 2.40 bits per heavy atom. The monoisotopic (exact) mass is 215 g/mol. The number of aliphatic hydroxyl groups is 1. The lowest BCUT2D eigenvalue weighted by Gasteiger charge is -2.15. The third-order valence-electron chi connectivity index (χ3n) is 1.60. The summed E-state index contributed by atoms with van der Waals surface area (Å²) in [4.78, 5) is 22.0. The average molecular weight is 215 g/mol. The lowest BCUT2D eigenvalue weighted by molar-refractivity contribution is -0.157. The molecule has 0 aromatic carbocycles. The van der Waals surface area contributed by atoms with E-state index in [-0.39, 0.29) is 12.5 Å². The minimum atomic E-state index is -1.15. The van der Waals surface area contributed by atoms with E-state index in [4.69, 9.17) is 9.84 Å². The van der Waals surface area contributed by atoms with E-state index in [1.54, 1.807) is 13.8 Å². The number of carbonyl (C=O) groups excluding carboxylic acids is 2. The van der Waals surface area contributed by atoms with Crippen molar-refractivity contribution in [1.29, 1.82) is 0 Å². The highest BCUT2D eigenvalue weighted by molar-refractivity contribution is 5.92. The Labute approximate surface area is 89.1 Å². The van der Waals surface area contributed by atoms with Gasteiger partial charge in [-0.3, -0.25) is 4.79 Å². The van der Waals surface area contributed by atoms with Crippen molar-refractivity contribution in [1.82, 2.24) is 5.32 Å². The fraction of sp³-hybridized carbons (Fsp3) is 0.600. The molecule has 0 saturated carbocycles. The molecule has 0 fully saturated rings. The zero-order valence-electron chi connectivity index (χ0n) is 9.24. The summed E-state index contributed by atoms with van der Waals surface area (Å²) in [7, 11) is 0. The van der Waals surface area contributed by atoms with Crippen molar-refractivity contribution in [2.45, 2.75) is 33.0 Å². The van der Waals surface area contributed by atoms with E-state index < -0.39 is 18.2 Å². The van der Waals surface area contributed by atoms with Crippen molar-refractivity contribution in [2.75, 3.05) is 6.54 Å². The molecule has 1 amide bonds. The van der Waals surface area contributed by atoms with E-state index in [9.17, 15) is 9.59 Å². The Balaban J connectivity index is 3.85. The zero-order chi connectivity index (χ0) is 12.0. The largest absolute Gasteiger partial charge is 0.459 e. The zero-order valence-corrected chi connectivity index (χ0v) is 9.24. The van der Waals surface area contributed by atoms with Crippen LogP contribution in [0.25, 0.3) is 0 Å². The van der Waals surface area contributed by atoms with E-state index in [0.717, 1.165) is 0 Å².